The first-order valence-electron chi connectivity index (χ1n) is 4.55. The fraction of sp³-hybridized carbons (Fsp3) is 0.333. The second-order valence-corrected chi connectivity index (χ2v) is 4.16. The molecule has 0 aliphatic carbocycles. The highest BCUT2D eigenvalue weighted by molar-refractivity contribution is 7.97. The summed E-state index contributed by atoms with van der Waals surface area (Å²) in [4.78, 5) is -1.50. The topological polar surface area (TPSA) is 26.0 Å². The monoisotopic (exact) mass is 329 g/mol. The first-order chi connectivity index (χ1) is 8.78. The van der Waals surface area contributed by atoms with Crippen LogP contribution in [0.3, 0.4) is 0 Å². The fourth-order valence-electron chi connectivity index (χ4n) is 1.34. The van der Waals surface area contributed by atoms with E-state index in [2.05, 4.69) is 0 Å². The Morgan fingerprint density at radius 3 is 1.25 bits per heavy atom. The molecule has 0 radical (unpaired) electrons. The van der Waals surface area contributed by atoms with Crippen molar-refractivity contribution in [2.75, 3.05) is 0 Å². The second-order valence-electron chi connectivity index (χ2n) is 3.51. The summed E-state index contributed by atoms with van der Waals surface area (Å²) >= 11 is -0.412. The third-order valence-electron chi connectivity index (χ3n) is 2.14. The molecule has 0 unspecified atom stereocenters. The average Bonchev–Trinajstić information content (AvgIpc) is 2.23. The Balaban J connectivity index is 3.75. The van der Waals surface area contributed by atoms with Crippen molar-refractivity contribution in [3.8, 4) is 0 Å². The van der Waals surface area contributed by atoms with Gasteiger partial charge in [0.05, 0.1) is 16.7 Å². The Kier molecular flexibility index (Phi) is 4.26. The third kappa shape index (κ3) is 3.51. The minimum Gasteiger partial charge on any atom is -0.274 e. The Hall–Kier alpha value is -1.10. The summed E-state index contributed by atoms with van der Waals surface area (Å²) in [5.41, 5.74) is -6.20. The van der Waals surface area contributed by atoms with Crippen LogP contribution in [0.15, 0.2) is 17.0 Å². The molecule has 0 heterocycles. The van der Waals surface area contributed by atoms with Crippen LogP contribution < -0.4 is 5.14 Å². The smallest absolute Gasteiger partial charge is 0.274 e. The van der Waals surface area contributed by atoms with Crippen molar-refractivity contribution in [1.29, 1.82) is 0 Å². The third-order valence-corrected chi connectivity index (χ3v) is 2.82. The van der Waals surface area contributed by atoms with E-state index in [1.807, 2.05) is 0 Å². The van der Waals surface area contributed by atoms with Crippen molar-refractivity contribution < 1.29 is 39.5 Å². The summed E-state index contributed by atoms with van der Waals surface area (Å²) < 4.78 is 113. The van der Waals surface area contributed by atoms with Crippen LogP contribution in [-0.2, 0) is 18.5 Å². The number of benzene rings is 1. The number of alkyl halides is 9. The molecular weight excluding hydrogens is 325 g/mol. The van der Waals surface area contributed by atoms with Crippen LogP contribution in [-0.4, -0.2) is 0 Å². The summed E-state index contributed by atoms with van der Waals surface area (Å²) in [6, 6.07) is -0.797. The number of nitrogens with two attached hydrogens (primary N) is 1. The van der Waals surface area contributed by atoms with Gasteiger partial charge in [0.15, 0.2) is 0 Å². The van der Waals surface area contributed by atoms with Crippen LogP contribution >= 0.6 is 11.9 Å². The summed E-state index contributed by atoms with van der Waals surface area (Å²) in [7, 11) is 0. The molecule has 0 spiro atoms. The highest BCUT2D eigenvalue weighted by atomic mass is 32.2. The van der Waals surface area contributed by atoms with Gasteiger partial charge in [-0.25, -0.2) is 0 Å². The van der Waals surface area contributed by atoms with Crippen molar-refractivity contribution >= 4 is 11.9 Å². The van der Waals surface area contributed by atoms with Gasteiger partial charge in [-0.2, -0.15) is 39.5 Å². The molecule has 1 nitrogen and oxygen atoms in total. The molecule has 0 amide bonds. The highest BCUT2D eigenvalue weighted by Gasteiger charge is 2.44. The molecule has 11 heteroatoms. The molecular formula is C9H4F9NS. The standard InChI is InChI=1S/C9H4F9NS/c10-7(11,12)3-1-4(8(13,14)15)6(20-19)5(2-3)9(16,17)18/h1-2H,19H2. The van der Waals surface area contributed by atoms with Gasteiger partial charge in [0, 0.05) is 4.90 Å². The van der Waals surface area contributed by atoms with E-state index in [1.165, 1.54) is 0 Å². The predicted octanol–water partition coefficient (Wildman–Crippen LogP) is 4.71. The van der Waals surface area contributed by atoms with E-state index in [0.717, 1.165) is 0 Å². The van der Waals surface area contributed by atoms with Gasteiger partial charge in [0.1, 0.15) is 0 Å². The molecule has 1 aromatic rings. The quantitative estimate of drug-likeness (QED) is 0.596. The Labute approximate surface area is 110 Å². The minimum absolute atomic E-state index is 0.398. The lowest BCUT2D eigenvalue weighted by Crippen LogP contribution is -2.18. The summed E-state index contributed by atoms with van der Waals surface area (Å²) in [5.74, 6) is 0. The maximum Gasteiger partial charge on any atom is 0.417 e. The molecule has 0 aliphatic rings. The largest absolute Gasteiger partial charge is 0.417 e. The number of rotatable bonds is 1. The lowest BCUT2D eigenvalue weighted by molar-refractivity contribution is -0.151. The summed E-state index contributed by atoms with van der Waals surface area (Å²) in [6.07, 6.45) is -16.1. The molecule has 0 aliphatic heterocycles. The maximum absolute atomic E-state index is 12.6. The zero-order valence-electron chi connectivity index (χ0n) is 9.04. The van der Waals surface area contributed by atoms with Crippen LogP contribution in [0.2, 0.25) is 0 Å². The van der Waals surface area contributed by atoms with Crippen LogP contribution in [0.25, 0.3) is 0 Å². The molecule has 20 heavy (non-hydrogen) atoms. The first kappa shape index (κ1) is 17.0. The predicted molar refractivity (Wildman–Crippen MR) is 51.5 cm³/mol. The maximum atomic E-state index is 12.6. The fourth-order valence-corrected chi connectivity index (χ4v) is 1.94. The first-order valence-corrected chi connectivity index (χ1v) is 5.43. The highest BCUT2D eigenvalue weighted by Crippen LogP contribution is 2.45. The van der Waals surface area contributed by atoms with Crippen LogP contribution in [0.1, 0.15) is 16.7 Å². The van der Waals surface area contributed by atoms with Crippen LogP contribution in [0.4, 0.5) is 39.5 Å². The number of hydrogen-bond acceptors (Lipinski definition) is 2. The zero-order valence-corrected chi connectivity index (χ0v) is 9.86. The average molecular weight is 329 g/mol. The molecule has 0 fully saturated rings. The van der Waals surface area contributed by atoms with Gasteiger partial charge in [-0.15, -0.1) is 0 Å². The van der Waals surface area contributed by atoms with Gasteiger partial charge in [0.25, 0.3) is 0 Å². The molecule has 0 saturated heterocycles. The molecule has 0 atom stereocenters. The number of halogens is 9. The second kappa shape index (κ2) is 5.02. The van der Waals surface area contributed by atoms with Gasteiger partial charge in [-0.1, -0.05) is 0 Å². The Morgan fingerprint density at radius 2 is 1.05 bits per heavy atom. The Bertz CT molecular complexity index is 465. The van der Waals surface area contributed by atoms with Crippen molar-refractivity contribution in [1.82, 2.24) is 0 Å². The van der Waals surface area contributed by atoms with Crippen molar-refractivity contribution in [3.05, 3.63) is 28.8 Å². The van der Waals surface area contributed by atoms with Crippen LogP contribution in [0.5, 0.6) is 0 Å². The molecule has 114 valence electrons. The van der Waals surface area contributed by atoms with E-state index in [9.17, 15) is 39.5 Å². The van der Waals surface area contributed by atoms with Gasteiger partial charge in [-0.05, 0) is 24.1 Å². The zero-order chi connectivity index (χ0) is 15.9. The molecule has 0 aromatic heterocycles. The van der Waals surface area contributed by atoms with Crippen LogP contribution in [0, 0.1) is 0 Å². The molecule has 2 N–H and O–H groups in total. The Morgan fingerprint density at radius 1 is 0.700 bits per heavy atom. The SMILES string of the molecule is NSc1c(C(F)(F)F)cc(C(F)(F)F)cc1C(F)(F)F. The van der Waals surface area contributed by atoms with Gasteiger partial charge < -0.3 is 0 Å². The van der Waals surface area contributed by atoms with E-state index >= 15 is 0 Å². The molecule has 1 aromatic carbocycles. The lowest BCUT2D eigenvalue weighted by Gasteiger charge is -2.19. The molecule has 0 saturated carbocycles. The van der Waals surface area contributed by atoms with Crippen molar-refractivity contribution in [3.63, 3.8) is 0 Å². The van der Waals surface area contributed by atoms with E-state index in [1.54, 1.807) is 0 Å². The van der Waals surface area contributed by atoms with Crippen molar-refractivity contribution in [2.24, 2.45) is 5.14 Å². The van der Waals surface area contributed by atoms with E-state index < -0.39 is 64.2 Å². The minimum atomic E-state index is -5.40. The molecule has 1 rings (SSSR count). The normalized spacial score (nSPS) is 13.7. The van der Waals surface area contributed by atoms with E-state index in [-0.39, 0.29) is 0 Å². The summed E-state index contributed by atoms with van der Waals surface area (Å²) in [6.45, 7) is 0. The number of hydrogen-bond donors (Lipinski definition) is 1. The van der Waals surface area contributed by atoms with E-state index in [0.29, 0.717) is 0 Å². The molecule has 0 bridgehead atoms. The van der Waals surface area contributed by atoms with Crippen molar-refractivity contribution in [2.45, 2.75) is 23.4 Å². The summed E-state index contributed by atoms with van der Waals surface area (Å²) in [5, 5.41) is 4.74. The lowest BCUT2D eigenvalue weighted by atomic mass is 10.0. The van der Waals surface area contributed by atoms with E-state index in [4.69, 9.17) is 5.14 Å². The van der Waals surface area contributed by atoms with Gasteiger partial charge >= 0.3 is 18.5 Å². The van der Waals surface area contributed by atoms with Gasteiger partial charge in [-0.3, -0.25) is 5.14 Å². The van der Waals surface area contributed by atoms with Gasteiger partial charge in [0.2, 0.25) is 0 Å².